The number of nitrogens with zero attached hydrogens (tertiary/aromatic N) is 4. The highest BCUT2D eigenvalue weighted by Crippen LogP contribution is 2.24. The summed E-state index contributed by atoms with van der Waals surface area (Å²) in [7, 11) is 1.63. The fraction of sp³-hybridized carbons (Fsp3) is 0.100. The third kappa shape index (κ3) is 4.47. The Bertz CT molecular complexity index is 1060. The molecule has 0 unspecified atom stereocenters. The first kappa shape index (κ1) is 18.0. The van der Waals surface area contributed by atoms with Gasteiger partial charge in [0, 0.05) is 5.56 Å². The first-order valence-electron chi connectivity index (χ1n) is 8.55. The lowest BCUT2D eigenvalue weighted by Gasteiger charge is -1.99. The number of hydrogen-bond donors (Lipinski definition) is 1. The van der Waals surface area contributed by atoms with E-state index in [1.807, 2.05) is 66.7 Å². The molecule has 28 heavy (non-hydrogen) atoms. The van der Waals surface area contributed by atoms with Gasteiger partial charge in [0.05, 0.1) is 12.9 Å². The van der Waals surface area contributed by atoms with E-state index in [4.69, 9.17) is 9.15 Å². The summed E-state index contributed by atoms with van der Waals surface area (Å²) >= 11 is 1.43. The van der Waals surface area contributed by atoms with Gasteiger partial charge in [0.25, 0.3) is 0 Å². The average molecular weight is 391 g/mol. The van der Waals surface area contributed by atoms with Crippen molar-refractivity contribution in [2.24, 2.45) is 0 Å². The van der Waals surface area contributed by atoms with Crippen molar-refractivity contribution < 1.29 is 9.15 Å². The van der Waals surface area contributed by atoms with Gasteiger partial charge in [-0.15, -0.1) is 15.3 Å². The molecule has 0 saturated carbocycles. The number of aromatic amines is 1. The van der Waals surface area contributed by atoms with Crippen molar-refractivity contribution in [3.05, 3.63) is 71.9 Å². The molecule has 2 heterocycles. The van der Waals surface area contributed by atoms with Gasteiger partial charge in [0.1, 0.15) is 11.6 Å². The van der Waals surface area contributed by atoms with Gasteiger partial charge in [-0.2, -0.15) is 0 Å². The summed E-state index contributed by atoms with van der Waals surface area (Å²) in [6, 6.07) is 17.5. The van der Waals surface area contributed by atoms with Crippen molar-refractivity contribution in [1.82, 2.24) is 25.4 Å². The van der Waals surface area contributed by atoms with Crippen LogP contribution in [-0.2, 0) is 5.75 Å². The Labute approximate surface area is 165 Å². The maximum Gasteiger partial charge on any atom is 0.247 e. The third-order valence-electron chi connectivity index (χ3n) is 3.84. The van der Waals surface area contributed by atoms with E-state index in [0.717, 1.165) is 16.9 Å². The number of H-pyrrole nitrogens is 1. The highest BCUT2D eigenvalue weighted by molar-refractivity contribution is 7.98. The average Bonchev–Trinajstić information content (AvgIpc) is 3.41. The lowest BCUT2D eigenvalue weighted by Crippen LogP contribution is -1.82. The zero-order valence-electron chi connectivity index (χ0n) is 15.1. The van der Waals surface area contributed by atoms with E-state index >= 15 is 0 Å². The van der Waals surface area contributed by atoms with Crippen molar-refractivity contribution in [2.45, 2.75) is 10.9 Å². The number of aromatic nitrogens is 5. The Hall–Kier alpha value is -3.39. The molecule has 1 N–H and O–H groups in total. The zero-order chi connectivity index (χ0) is 19.2. The Morgan fingerprint density at radius 2 is 1.86 bits per heavy atom. The standard InChI is InChI=1S/C20H17N5O2S/c1-26-16-10-8-15(9-11-16)19-24-23-18(27-19)13-28-20-21-17(22-25-20)12-7-14-5-3-2-4-6-14/h2-12H,13H2,1H3,(H,21,22,25)/b12-7+. The quantitative estimate of drug-likeness (QED) is 0.469. The molecule has 0 saturated heterocycles. The summed E-state index contributed by atoms with van der Waals surface area (Å²) in [6.45, 7) is 0. The molecular formula is C20H17N5O2S. The number of ether oxygens (including phenoxy) is 1. The van der Waals surface area contributed by atoms with Crippen LogP contribution in [0.15, 0.2) is 64.2 Å². The van der Waals surface area contributed by atoms with E-state index in [1.165, 1.54) is 11.8 Å². The van der Waals surface area contributed by atoms with E-state index in [-0.39, 0.29) is 0 Å². The van der Waals surface area contributed by atoms with Crippen LogP contribution in [-0.4, -0.2) is 32.5 Å². The van der Waals surface area contributed by atoms with Gasteiger partial charge in [-0.25, -0.2) is 4.98 Å². The van der Waals surface area contributed by atoms with Crippen LogP contribution >= 0.6 is 11.8 Å². The molecule has 4 aromatic rings. The first-order chi connectivity index (χ1) is 13.8. The molecule has 0 aliphatic heterocycles. The van der Waals surface area contributed by atoms with Crippen LogP contribution in [0, 0.1) is 0 Å². The molecule has 0 atom stereocenters. The molecular weight excluding hydrogens is 374 g/mol. The lowest BCUT2D eigenvalue weighted by atomic mass is 10.2. The minimum atomic E-state index is 0.472. The molecule has 8 heteroatoms. The SMILES string of the molecule is COc1ccc(-c2nnc(CSc3n[nH]c(/C=C/c4ccccc4)n3)o2)cc1. The maximum absolute atomic E-state index is 5.71. The number of hydrogen-bond acceptors (Lipinski definition) is 7. The van der Waals surface area contributed by atoms with Gasteiger partial charge in [0.2, 0.25) is 16.9 Å². The summed E-state index contributed by atoms with van der Waals surface area (Å²) < 4.78 is 10.9. The summed E-state index contributed by atoms with van der Waals surface area (Å²) in [5.41, 5.74) is 1.95. The molecule has 4 rings (SSSR count). The minimum Gasteiger partial charge on any atom is -0.497 e. The highest BCUT2D eigenvalue weighted by Gasteiger charge is 2.10. The molecule has 0 bridgehead atoms. The van der Waals surface area contributed by atoms with Gasteiger partial charge >= 0.3 is 0 Å². The van der Waals surface area contributed by atoms with Crippen LogP contribution in [0.25, 0.3) is 23.6 Å². The van der Waals surface area contributed by atoms with Crippen LogP contribution in [0.4, 0.5) is 0 Å². The van der Waals surface area contributed by atoms with Crippen LogP contribution < -0.4 is 4.74 Å². The van der Waals surface area contributed by atoms with Crippen LogP contribution in [0.5, 0.6) is 5.75 Å². The van der Waals surface area contributed by atoms with Gasteiger partial charge in [-0.3, -0.25) is 5.10 Å². The van der Waals surface area contributed by atoms with Gasteiger partial charge in [-0.1, -0.05) is 48.2 Å². The number of methoxy groups -OCH3 is 1. The third-order valence-corrected chi connectivity index (χ3v) is 4.68. The molecule has 140 valence electrons. The minimum absolute atomic E-state index is 0.472. The van der Waals surface area contributed by atoms with Crippen molar-refractivity contribution in [2.75, 3.05) is 7.11 Å². The monoisotopic (exact) mass is 391 g/mol. The fourth-order valence-electron chi connectivity index (χ4n) is 2.43. The molecule has 2 aromatic heterocycles. The largest absolute Gasteiger partial charge is 0.497 e. The van der Waals surface area contributed by atoms with Gasteiger partial charge in [-0.05, 0) is 35.9 Å². The number of benzene rings is 2. The second-order valence-electron chi connectivity index (χ2n) is 5.77. The molecule has 7 nitrogen and oxygen atoms in total. The molecule has 0 radical (unpaired) electrons. The topological polar surface area (TPSA) is 89.7 Å². The van der Waals surface area contributed by atoms with Crippen molar-refractivity contribution in [1.29, 1.82) is 0 Å². The number of rotatable bonds is 7. The normalized spacial score (nSPS) is 11.2. The number of nitrogens with one attached hydrogen (secondary N) is 1. The van der Waals surface area contributed by atoms with Crippen LogP contribution in [0.3, 0.4) is 0 Å². The highest BCUT2D eigenvalue weighted by atomic mass is 32.2. The predicted octanol–water partition coefficient (Wildman–Crippen LogP) is 4.33. The molecule has 0 fully saturated rings. The van der Waals surface area contributed by atoms with Gasteiger partial charge < -0.3 is 9.15 Å². The fourth-order valence-corrected chi connectivity index (χ4v) is 3.07. The van der Waals surface area contributed by atoms with E-state index < -0.39 is 0 Å². The Balaban J connectivity index is 1.35. The molecule has 0 spiro atoms. The van der Waals surface area contributed by atoms with E-state index in [0.29, 0.717) is 28.5 Å². The summed E-state index contributed by atoms with van der Waals surface area (Å²) in [5.74, 6) is 2.95. The van der Waals surface area contributed by atoms with Crippen molar-refractivity contribution >= 4 is 23.9 Å². The maximum atomic E-state index is 5.71. The summed E-state index contributed by atoms with van der Waals surface area (Å²) in [6.07, 6.45) is 3.87. The van der Waals surface area contributed by atoms with Crippen molar-refractivity contribution in [3.8, 4) is 17.2 Å². The van der Waals surface area contributed by atoms with Crippen LogP contribution in [0.1, 0.15) is 17.3 Å². The van der Waals surface area contributed by atoms with E-state index in [2.05, 4.69) is 25.4 Å². The Morgan fingerprint density at radius 3 is 2.64 bits per heavy atom. The van der Waals surface area contributed by atoms with E-state index in [9.17, 15) is 0 Å². The Kier molecular flexibility index (Phi) is 5.48. The zero-order valence-corrected chi connectivity index (χ0v) is 15.9. The summed E-state index contributed by atoms with van der Waals surface area (Å²) in [5, 5.41) is 15.9. The smallest absolute Gasteiger partial charge is 0.247 e. The predicted molar refractivity (Wildman–Crippen MR) is 108 cm³/mol. The molecule has 2 aromatic carbocycles. The Morgan fingerprint density at radius 1 is 1.04 bits per heavy atom. The summed E-state index contributed by atoms with van der Waals surface area (Å²) in [4.78, 5) is 4.43. The second-order valence-corrected chi connectivity index (χ2v) is 6.71. The first-order valence-corrected chi connectivity index (χ1v) is 9.54. The molecule has 0 aliphatic carbocycles. The second kappa shape index (κ2) is 8.53. The van der Waals surface area contributed by atoms with Crippen molar-refractivity contribution in [3.63, 3.8) is 0 Å². The number of thioether (sulfide) groups is 1. The lowest BCUT2D eigenvalue weighted by molar-refractivity contribution is 0.415. The molecule has 0 amide bonds. The van der Waals surface area contributed by atoms with Gasteiger partial charge in [0.15, 0.2) is 0 Å². The van der Waals surface area contributed by atoms with Crippen LogP contribution in [0.2, 0.25) is 0 Å². The van der Waals surface area contributed by atoms with E-state index in [1.54, 1.807) is 7.11 Å². The molecule has 0 aliphatic rings.